The Kier molecular flexibility index (Phi) is 4.99. The molecule has 1 saturated carbocycles. The van der Waals surface area contributed by atoms with Crippen molar-refractivity contribution in [2.45, 2.75) is 71.4 Å². The molecule has 1 unspecified atom stereocenters. The molecule has 1 fully saturated rings. The molecule has 3 nitrogen and oxygen atoms in total. The lowest BCUT2D eigenvalue weighted by molar-refractivity contribution is -0.133. The lowest BCUT2D eigenvalue weighted by Gasteiger charge is -2.38. The number of nitrogens with two attached hydrogens (primary N) is 1. The Balaban J connectivity index is 2.43. The van der Waals surface area contributed by atoms with Crippen molar-refractivity contribution in [3.63, 3.8) is 0 Å². The molecule has 0 saturated heterocycles. The molecule has 0 aromatic rings. The highest BCUT2D eigenvalue weighted by Gasteiger charge is 2.30. The van der Waals surface area contributed by atoms with E-state index in [9.17, 15) is 4.79 Å². The van der Waals surface area contributed by atoms with Crippen molar-refractivity contribution in [2.24, 2.45) is 11.1 Å². The Morgan fingerprint density at radius 3 is 2.41 bits per heavy atom. The van der Waals surface area contributed by atoms with E-state index < -0.39 is 0 Å². The van der Waals surface area contributed by atoms with Crippen LogP contribution in [0, 0.1) is 5.41 Å². The molecular weight excluding hydrogens is 212 g/mol. The molecule has 1 amide bonds. The van der Waals surface area contributed by atoms with Crippen LogP contribution >= 0.6 is 0 Å². The van der Waals surface area contributed by atoms with Crippen LogP contribution < -0.4 is 5.73 Å². The second-order valence-corrected chi connectivity index (χ2v) is 6.27. The average molecular weight is 240 g/mol. The van der Waals surface area contributed by atoms with Gasteiger partial charge in [0.15, 0.2) is 0 Å². The number of hydrogen-bond acceptors (Lipinski definition) is 2. The van der Waals surface area contributed by atoms with Gasteiger partial charge < -0.3 is 10.6 Å². The van der Waals surface area contributed by atoms with Crippen LogP contribution in [-0.2, 0) is 4.79 Å². The molecule has 0 aromatic carbocycles. The number of carbonyl (C=O) groups excluding carboxylic acids is 1. The second kappa shape index (κ2) is 5.85. The zero-order chi connectivity index (χ0) is 13.1. The highest BCUT2D eigenvalue weighted by Crippen LogP contribution is 2.36. The maximum absolute atomic E-state index is 12.0. The summed E-state index contributed by atoms with van der Waals surface area (Å²) < 4.78 is 0. The monoisotopic (exact) mass is 240 g/mol. The largest absolute Gasteiger partial charge is 0.343 e. The number of carbonyl (C=O) groups is 1. The Hall–Kier alpha value is -0.570. The topological polar surface area (TPSA) is 46.3 Å². The van der Waals surface area contributed by atoms with E-state index in [-0.39, 0.29) is 11.9 Å². The van der Waals surface area contributed by atoms with Crippen molar-refractivity contribution < 1.29 is 4.79 Å². The zero-order valence-electron chi connectivity index (χ0n) is 11.8. The second-order valence-electron chi connectivity index (χ2n) is 6.27. The number of hydrogen-bond donors (Lipinski definition) is 1. The number of amides is 1. The minimum Gasteiger partial charge on any atom is -0.343 e. The molecule has 1 aliphatic carbocycles. The molecule has 1 rings (SSSR count). The van der Waals surface area contributed by atoms with Gasteiger partial charge in [0, 0.05) is 25.6 Å². The zero-order valence-corrected chi connectivity index (χ0v) is 11.8. The first-order valence-corrected chi connectivity index (χ1v) is 6.87. The molecule has 0 heterocycles. The van der Waals surface area contributed by atoms with Crippen LogP contribution in [0.5, 0.6) is 0 Å². The number of nitrogens with zero attached hydrogens (tertiary/aromatic N) is 1. The van der Waals surface area contributed by atoms with Gasteiger partial charge in [-0.3, -0.25) is 4.79 Å². The molecule has 1 aliphatic rings. The normalized spacial score (nSPS) is 22.2. The molecule has 100 valence electrons. The van der Waals surface area contributed by atoms with E-state index in [2.05, 4.69) is 13.8 Å². The molecular formula is C14H28N2O. The summed E-state index contributed by atoms with van der Waals surface area (Å²) in [6.07, 6.45) is 6.07. The van der Waals surface area contributed by atoms with Gasteiger partial charge >= 0.3 is 0 Å². The standard InChI is InChI=1S/C14H28N2O/c1-5-11(15)10-13(17)16(4)12-6-8-14(2,3)9-7-12/h11-12H,5-10,15H2,1-4H3. The van der Waals surface area contributed by atoms with Crippen molar-refractivity contribution >= 4 is 5.91 Å². The van der Waals surface area contributed by atoms with Gasteiger partial charge in [-0.2, -0.15) is 0 Å². The van der Waals surface area contributed by atoms with Gasteiger partial charge in [-0.25, -0.2) is 0 Å². The summed E-state index contributed by atoms with van der Waals surface area (Å²) >= 11 is 0. The van der Waals surface area contributed by atoms with Gasteiger partial charge in [0.2, 0.25) is 5.91 Å². The molecule has 1 atom stereocenters. The Morgan fingerprint density at radius 1 is 1.41 bits per heavy atom. The maximum atomic E-state index is 12.0. The lowest BCUT2D eigenvalue weighted by Crippen LogP contribution is -2.42. The van der Waals surface area contributed by atoms with Crippen molar-refractivity contribution in [3.05, 3.63) is 0 Å². The summed E-state index contributed by atoms with van der Waals surface area (Å²) in [6, 6.07) is 0.449. The molecule has 0 aromatic heterocycles. The SMILES string of the molecule is CCC(N)CC(=O)N(C)C1CCC(C)(C)CC1. The fourth-order valence-electron chi connectivity index (χ4n) is 2.49. The van der Waals surface area contributed by atoms with Gasteiger partial charge in [-0.15, -0.1) is 0 Å². The third-order valence-corrected chi connectivity index (χ3v) is 4.21. The van der Waals surface area contributed by atoms with Crippen LogP contribution in [0.3, 0.4) is 0 Å². The maximum Gasteiger partial charge on any atom is 0.224 e. The van der Waals surface area contributed by atoms with Gasteiger partial charge in [-0.05, 0) is 37.5 Å². The van der Waals surface area contributed by atoms with Crippen LogP contribution in [0.15, 0.2) is 0 Å². The predicted molar refractivity (Wildman–Crippen MR) is 71.7 cm³/mol. The molecule has 3 heteroatoms. The van der Waals surface area contributed by atoms with Gasteiger partial charge in [0.1, 0.15) is 0 Å². The van der Waals surface area contributed by atoms with E-state index in [0.717, 1.165) is 19.3 Å². The van der Waals surface area contributed by atoms with Crippen molar-refractivity contribution in [3.8, 4) is 0 Å². The quantitative estimate of drug-likeness (QED) is 0.821. The van der Waals surface area contributed by atoms with E-state index in [1.165, 1.54) is 12.8 Å². The molecule has 17 heavy (non-hydrogen) atoms. The van der Waals surface area contributed by atoms with Crippen LogP contribution in [-0.4, -0.2) is 29.9 Å². The smallest absolute Gasteiger partial charge is 0.224 e. The first-order valence-electron chi connectivity index (χ1n) is 6.87. The van der Waals surface area contributed by atoms with Crippen molar-refractivity contribution in [1.82, 2.24) is 4.90 Å². The summed E-state index contributed by atoms with van der Waals surface area (Å²) in [4.78, 5) is 14.0. The minimum atomic E-state index is 0.0185. The highest BCUT2D eigenvalue weighted by atomic mass is 16.2. The summed E-state index contributed by atoms with van der Waals surface area (Å²) in [5, 5.41) is 0. The van der Waals surface area contributed by atoms with E-state index in [1.54, 1.807) is 0 Å². The minimum absolute atomic E-state index is 0.0185. The Labute approximate surface area is 106 Å². The summed E-state index contributed by atoms with van der Waals surface area (Å²) in [6.45, 7) is 6.66. The van der Waals surface area contributed by atoms with Gasteiger partial charge in [0.05, 0.1) is 0 Å². The fourth-order valence-corrected chi connectivity index (χ4v) is 2.49. The molecule has 0 radical (unpaired) electrons. The van der Waals surface area contributed by atoms with E-state index >= 15 is 0 Å². The van der Waals surface area contributed by atoms with Crippen LogP contribution in [0.25, 0.3) is 0 Å². The third-order valence-electron chi connectivity index (χ3n) is 4.21. The van der Waals surface area contributed by atoms with E-state index in [1.807, 2.05) is 18.9 Å². The molecule has 0 bridgehead atoms. The molecule has 0 aliphatic heterocycles. The van der Waals surface area contributed by atoms with Crippen LogP contribution in [0.1, 0.15) is 59.3 Å². The van der Waals surface area contributed by atoms with Crippen molar-refractivity contribution in [2.75, 3.05) is 7.05 Å². The van der Waals surface area contributed by atoms with E-state index in [0.29, 0.717) is 17.9 Å². The van der Waals surface area contributed by atoms with E-state index in [4.69, 9.17) is 5.73 Å². The Bertz CT molecular complexity index is 253. The number of rotatable bonds is 4. The average Bonchev–Trinajstić information content (AvgIpc) is 2.27. The molecule has 0 spiro atoms. The lowest BCUT2D eigenvalue weighted by atomic mass is 9.75. The van der Waals surface area contributed by atoms with Crippen molar-refractivity contribution in [1.29, 1.82) is 0 Å². The molecule has 2 N–H and O–H groups in total. The highest BCUT2D eigenvalue weighted by molar-refractivity contribution is 5.76. The predicted octanol–water partition coefficient (Wildman–Crippen LogP) is 2.54. The summed E-state index contributed by atoms with van der Waals surface area (Å²) in [5.74, 6) is 0.212. The Morgan fingerprint density at radius 2 is 1.94 bits per heavy atom. The summed E-state index contributed by atoms with van der Waals surface area (Å²) in [5.41, 5.74) is 6.30. The fraction of sp³-hybridized carbons (Fsp3) is 0.929. The third kappa shape index (κ3) is 4.30. The first-order chi connectivity index (χ1) is 7.85. The first kappa shape index (κ1) is 14.5. The van der Waals surface area contributed by atoms with Crippen LogP contribution in [0.2, 0.25) is 0 Å². The van der Waals surface area contributed by atoms with Crippen LogP contribution in [0.4, 0.5) is 0 Å². The van der Waals surface area contributed by atoms with Gasteiger partial charge in [0.25, 0.3) is 0 Å². The summed E-state index contributed by atoms with van der Waals surface area (Å²) in [7, 11) is 1.94. The van der Waals surface area contributed by atoms with Gasteiger partial charge in [-0.1, -0.05) is 20.8 Å².